The second-order valence-corrected chi connectivity index (χ2v) is 5.66. The topological polar surface area (TPSA) is 87.7 Å². The van der Waals surface area contributed by atoms with Gasteiger partial charge in [0, 0.05) is 12.6 Å². The van der Waals surface area contributed by atoms with E-state index >= 15 is 0 Å². The van der Waals surface area contributed by atoms with Crippen molar-refractivity contribution in [3.63, 3.8) is 0 Å². The van der Waals surface area contributed by atoms with E-state index in [1.54, 1.807) is 6.92 Å². The predicted octanol–water partition coefficient (Wildman–Crippen LogP) is 1.74. The highest BCUT2D eigenvalue weighted by Crippen LogP contribution is 2.12. The second kappa shape index (κ2) is 8.09. The highest BCUT2D eigenvalue weighted by atomic mass is 16.5. The quantitative estimate of drug-likeness (QED) is 0.665. The van der Waals surface area contributed by atoms with Crippen molar-refractivity contribution in [2.45, 2.75) is 64.6 Å². The molecule has 116 valence electrons. The molecule has 6 nitrogen and oxygen atoms in total. The minimum Gasteiger partial charge on any atom is -0.481 e. The first-order valence-corrected chi connectivity index (χ1v) is 7.31. The van der Waals surface area contributed by atoms with E-state index in [0.717, 1.165) is 19.3 Å². The van der Waals surface area contributed by atoms with E-state index in [9.17, 15) is 9.59 Å². The van der Waals surface area contributed by atoms with Crippen LogP contribution in [0.5, 0.6) is 0 Å². The number of urea groups is 1. The lowest BCUT2D eigenvalue weighted by Gasteiger charge is -2.19. The van der Waals surface area contributed by atoms with Crippen LogP contribution in [-0.4, -0.2) is 41.9 Å². The van der Waals surface area contributed by atoms with E-state index in [0.29, 0.717) is 13.0 Å². The van der Waals surface area contributed by atoms with Gasteiger partial charge < -0.3 is 20.5 Å². The molecule has 0 aromatic carbocycles. The first kappa shape index (κ1) is 16.8. The maximum atomic E-state index is 11.8. The van der Waals surface area contributed by atoms with Crippen LogP contribution >= 0.6 is 0 Å². The molecule has 0 aromatic heterocycles. The number of amides is 2. The number of rotatable bonds is 7. The van der Waals surface area contributed by atoms with E-state index in [-0.39, 0.29) is 30.1 Å². The average molecular weight is 286 g/mol. The summed E-state index contributed by atoms with van der Waals surface area (Å²) in [6.07, 6.45) is 3.11. The Bertz CT molecular complexity index is 335. The van der Waals surface area contributed by atoms with Crippen LogP contribution in [0.1, 0.15) is 46.5 Å². The predicted molar refractivity (Wildman–Crippen MR) is 75.6 cm³/mol. The zero-order chi connectivity index (χ0) is 15.1. The first-order valence-electron chi connectivity index (χ1n) is 7.31. The number of nitrogens with one attached hydrogen (secondary N) is 2. The van der Waals surface area contributed by atoms with E-state index in [1.807, 2.05) is 13.8 Å². The summed E-state index contributed by atoms with van der Waals surface area (Å²) in [5, 5.41) is 14.6. The molecule has 3 N–H and O–H groups in total. The standard InChI is InChI=1S/C14H26N2O4/c1-9(13(17)18)5-4-6-10(2)15-14(19)16-12-7-8-20-11(12)3/h9-12H,4-8H2,1-3H3,(H,17,18)(H2,15,16,19). The monoisotopic (exact) mass is 286 g/mol. The van der Waals surface area contributed by atoms with Gasteiger partial charge in [0.15, 0.2) is 0 Å². The summed E-state index contributed by atoms with van der Waals surface area (Å²) in [6.45, 7) is 6.28. The van der Waals surface area contributed by atoms with Gasteiger partial charge in [-0.1, -0.05) is 13.3 Å². The smallest absolute Gasteiger partial charge is 0.315 e. The Hall–Kier alpha value is -1.30. The molecule has 0 aliphatic carbocycles. The molecule has 0 aromatic rings. The van der Waals surface area contributed by atoms with Crippen molar-refractivity contribution in [1.82, 2.24) is 10.6 Å². The Labute approximate surface area is 120 Å². The van der Waals surface area contributed by atoms with Crippen molar-refractivity contribution < 1.29 is 19.4 Å². The van der Waals surface area contributed by atoms with Gasteiger partial charge >= 0.3 is 12.0 Å². The highest BCUT2D eigenvalue weighted by Gasteiger charge is 2.25. The number of hydrogen-bond donors (Lipinski definition) is 3. The SMILES string of the molecule is CC(CCCC(C)C(=O)O)NC(=O)NC1CCOC1C. The minimum atomic E-state index is -0.765. The molecule has 0 saturated carbocycles. The van der Waals surface area contributed by atoms with E-state index in [2.05, 4.69) is 10.6 Å². The molecule has 1 heterocycles. The highest BCUT2D eigenvalue weighted by molar-refractivity contribution is 5.74. The van der Waals surface area contributed by atoms with Gasteiger partial charge in [-0.3, -0.25) is 4.79 Å². The van der Waals surface area contributed by atoms with Crippen LogP contribution in [0.2, 0.25) is 0 Å². The number of ether oxygens (including phenoxy) is 1. The Kier molecular flexibility index (Phi) is 6.78. The molecular formula is C14H26N2O4. The molecule has 4 atom stereocenters. The molecule has 0 spiro atoms. The Morgan fingerprint density at radius 2 is 2.05 bits per heavy atom. The van der Waals surface area contributed by atoms with Gasteiger partial charge in [0.05, 0.1) is 18.1 Å². The molecule has 1 aliphatic rings. The molecule has 1 saturated heterocycles. The van der Waals surface area contributed by atoms with E-state index < -0.39 is 5.97 Å². The lowest BCUT2D eigenvalue weighted by molar-refractivity contribution is -0.141. The van der Waals surface area contributed by atoms with Crippen molar-refractivity contribution in [2.24, 2.45) is 5.92 Å². The maximum Gasteiger partial charge on any atom is 0.315 e. The zero-order valence-corrected chi connectivity index (χ0v) is 12.5. The van der Waals surface area contributed by atoms with Crippen LogP contribution in [-0.2, 0) is 9.53 Å². The largest absolute Gasteiger partial charge is 0.481 e. The summed E-state index contributed by atoms with van der Waals surface area (Å²) in [6, 6.07) is -0.0611. The van der Waals surface area contributed by atoms with Gasteiger partial charge in [-0.15, -0.1) is 0 Å². The van der Waals surface area contributed by atoms with Gasteiger partial charge in [0.2, 0.25) is 0 Å². The fourth-order valence-corrected chi connectivity index (χ4v) is 2.28. The molecule has 6 heteroatoms. The normalized spacial score (nSPS) is 24.9. The van der Waals surface area contributed by atoms with E-state index in [1.165, 1.54) is 0 Å². The number of carboxylic acid groups (broad SMARTS) is 1. The van der Waals surface area contributed by atoms with Crippen molar-refractivity contribution in [3.05, 3.63) is 0 Å². The van der Waals surface area contributed by atoms with Crippen molar-refractivity contribution >= 4 is 12.0 Å². The molecule has 0 radical (unpaired) electrons. The molecule has 1 aliphatic heterocycles. The Morgan fingerprint density at radius 1 is 1.35 bits per heavy atom. The maximum absolute atomic E-state index is 11.8. The molecule has 0 bridgehead atoms. The molecule has 2 amide bonds. The van der Waals surface area contributed by atoms with Gasteiger partial charge in [-0.2, -0.15) is 0 Å². The van der Waals surface area contributed by atoms with Crippen molar-refractivity contribution in [1.29, 1.82) is 0 Å². The van der Waals surface area contributed by atoms with Crippen molar-refractivity contribution in [3.8, 4) is 0 Å². The van der Waals surface area contributed by atoms with Crippen LogP contribution in [0, 0.1) is 5.92 Å². The molecule has 1 fully saturated rings. The summed E-state index contributed by atoms with van der Waals surface area (Å²) in [7, 11) is 0. The van der Waals surface area contributed by atoms with Crippen molar-refractivity contribution in [2.75, 3.05) is 6.61 Å². The number of aliphatic carboxylic acids is 1. The van der Waals surface area contributed by atoms with Crippen LogP contribution in [0.3, 0.4) is 0 Å². The lowest BCUT2D eigenvalue weighted by atomic mass is 10.0. The Morgan fingerprint density at radius 3 is 2.60 bits per heavy atom. The number of carbonyl (C=O) groups is 2. The summed E-state index contributed by atoms with van der Waals surface area (Å²) in [5.74, 6) is -1.09. The number of carbonyl (C=O) groups excluding carboxylic acids is 1. The van der Waals surface area contributed by atoms with Gasteiger partial charge in [0.1, 0.15) is 0 Å². The van der Waals surface area contributed by atoms with Gasteiger partial charge in [-0.25, -0.2) is 4.79 Å². The fraction of sp³-hybridized carbons (Fsp3) is 0.857. The summed E-state index contributed by atoms with van der Waals surface area (Å²) >= 11 is 0. The summed E-state index contributed by atoms with van der Waals surface area (Å²) in [4.78, 5) is 22.5. The lowest BCUT2D eigenvalue weighted by Crippen LogP contribution is -2.47. The third-order valence-corrected chi connectivity index (χ3v) is 3.77. The number of carboxylic acids is 1. The fourth-order valence-electron chi connectivity index (χ4n) is 2.28. The van der Waals surface area contributed by atoms with Crippen LogP contribution in [0.15, 0.2) is 0 Å². The van der Waals surface area contributed by atoms with Gasteiger partial charge in [-0.05, 0) is 33.1 Å². The molecule has 20 heavy (non-hydrogen) atoms. The third kappa shape index (κ3) is 5.77. The first-order chi connectivity index (χ1) is 9.40. The second-order valence-electron chi connectivity index (χ2n) is 5.66. The van der Waals surface area contributed by atoms with Crippen LogP contribution < -0.4 is 10.6 Å². The van der Waals surface area contributed by atoms with Crippen LogP contribution in [0.4, 0.5) is 4.79 Å². The summed E-state index contributed by atoms with van der Waals surface area (Å²) in [5.41, 5.74) is 0. The Balaban J connectivity index is 2.16. The third-order valence-electron chi connectivity index (χ3n) is 3.77. The number of hydrogen-bond acceptors (Lipinski definition) is 3. The van der Waals surface area contributed by atoms with Gasteiger partial charge in [0.25, 0.3) is 0 Å². The average Bonchev–Trinajstić information content (AvgIpc) is 2.74. The zero-order valence-electron chi connectivity index (χ0n) is 12.5. The van der Waals surface area contributed by atoms with E-state index in [4.69, 9.17) is 9.84 Å². The molecular weight excluding hydrogens is 260 g/mol. The molecule has 4 unspecified atom stereocenters. The van der Waals surface area contributed by atoms with Crippen LogP contribution in [0.25, 0.3) is 0 Å². The minimum absolute atomic E-state index is 0.0358. The summed E-state index contributed by atoms with van der Waals surface area (Å²) < 4.78 is 5.39. The molecule has 1 rings (SSSR count).